The molecule has 7 heteroatoms. The van der Waals surface area contributed by atoms with Gasteiger partial charge in [0, 0.05) is 30.8 Å². The van der Waals surface area contributed by atoms with Crippen LogP contribution in [0.5, 0.6) is 0 Å². The summed E-state index contributed by atoms with van der Waals surface area (Å²) in [7, 11) is 0. The fourth-order valence-corrected chi connectivity index (χ4v) is 2.93. The van der Waals surface area contributed by atoms with Crippen LogP contribution in [0.3, 0.4) is 0 Å². The van der Waals surface area contributed by atoms with E-state index < -0.39 is 0 Å². The fourth-order valence-electron chi connectivity index (χ4n) is 2.93. The first-order valence-electron chi connectivity index (χ1n) is 7.92. The first-order valence-corrected chi connectivity index (χ1v) is 7.92. The normalized spacial score (nSPS) is 15.2. The van der Waals surface area contributed by atoms with E-state index in [2.05, 4.69) is 10.00 Å². The third kappa shape index (κ3) is 2.61. The number of anilines is 1. The average molecular weight is 327 g/mol. The zero-order valence-electron chi connectivity index (χ0n) is 13.2. The van der Waals surface area contributed by atoms with Crippen molar-refractivity contribution < 1.29 is 9.13 Å². The van der Waals surface area contributed by atoms with Gasteiger partial charge in [-0.3, -0.25) is 0 Å². The van der Waals surface area contributed by atoms with Gasteiger partial charge in [0.05, 0.1) is 36.8 Å². The topological polar surface area (TPSA) is 68.7 Å². The van der Waals surface area contributed by atoms with Crippen molar-refractivity contribution in [1.82, 2.24) is 14.6 Å². The number of nitrogens with zero attached hydrogens (tertiary/aromatic N) is 4. The van der Waals surface area contributed by atoms with E-state index in [-0.39, 0.29) is 12.4 Å². The Hall–Kier alpha value is -2.51. The molecule has 0 radical (unpaired) electrons. The molecular weight excluding hydrogens is 309 g/mol. The first-order chi connectivity index (χ1) is 11.8. The molecule has 1 aromatic carbocycles. The van der Waals surface area contributed by atoms with Crippen LogP contribution in [0.15, 0.2) is 36.7 Å². The minimum Gasteiger partial charge on any atom is -0.378 e. The van der Waals surface area contributed by atoms with Crippen molar-refractivity contribution in [1.29, 1.82) is 0 Å². The Labute approximate surface area is 138 Å². The van der Waals surface area contributed by atoms with E-state index in [0.717, 1.165) is 24.4 Å². The summed E-state index contributed by atoms with van der Waals surface area (Å²) in [6, 6.07) is 6.92. The minimum atomic E-state index is -0.314. The van der Waals surface area contributed by atoms with Crippen LogP contribution in [-0.4, -0.2) is 40.9 Å². The van der Waals surface area contributed by atoms with Crippen molar-refractivity contribution >= 4 is 11.3 Å². The Morgan fingerprint density at radius 3 is 2.79 bits per heavy atom. The Bertz CT molecular complexity index is 873. The van der Waals surface area contributed by atoms with Gasteiger partial charge in [0.2, 0.25) is 0 Å². The molecule has 4 rings (SSSR count). The summed E-state index contributed by atoms with van der Waals surface area (Å²) in [6.07, 6.45) is 3.61. The summed E-state index contributed by atoms with van der Waals surface area (Å²) in [5.74, 6) is 0.499. The zero-order valence-corrected chi connectivity index (χ0v) is 13.2. The number of benzene rings is 1. The van der Waals surface area contributed by atoms with Gasteiger partial charge in [-0.2, -0.15) is 5.10 Å². The third-order valence-electron chi connectivity index (χ3n) is 4.26. The lowest BCUT2D eigenvalue weighted by Crippen LogP contribution is -2.37. The molecule has 0 aliphatic carbocycles. The lowest BCUT2D eigenvalue weighted by atomic mass is 10.1. The lowest BCUT2D eigenvalue weighted by molar-refractivity contribution is 0.122. The van der Waals surface area contributed by atoms with E-state index in [0.29, 0.717) is 30.0 Å². The molecule has 0 unspecified atom stereocenters. The summed E-state index contributed by atoms with van der Waals surface area (Å²) >= 11 is 0. The van der Waals surface area contributed by atoms with Crippen LogP contribution >= 0.6 is 0 Å². The second-order valence-corrected chi connectivity index (χ2v) is 5.72. The molecule has 2 aromatic heterocycles. The average Bonchev–Trinajstić information content (AvgIpc) is 3.10. The molecule has 0 bridgehead atoms. The van der Waals surface area contributed by atoms with Gasteiger partial charge < -0.3 is 15.4 Å². The molecule has 124 valence electrons. The quantitative estimate of drug-likeness (QED) is 0.795. The van der Waals surface area contributed by atoms with Gasteiger partial charge in [0.1, 0.15) is 11.6 Å². The van der Waals surface area contributed by atoms with Crippen LogP contribution < -0.4 is 10.6 Å². The maximum Gasteiger partial charge on any atom is 0.148 e. The SMILES string of the molecule is NCc1ccc(-c2nc(N3CCOCC3)cn3nccc23)cc1F. The van der Waals surface area contributed by atoms with Gasteiger partial charge in [0.25, 0.3) is 0 Å². The molecule has 1 fully saturated rings. The molecule has 1 aliphatic rings. The van der Waals surface area contributed by atoms with Crippen molar-refractivity contribution in [3.63, 3.8) is 0 Å². The number of ether oxygens (including phenoxy) is 1. The van der Waals surface area contributed by atoms with Gasteiger partial charge in [0.15, 0.2) is 0 Å². The summed E-state index contributed by atoms with van der Waals surface area (Å²) in [4.78, 5) is 6.93. The molecule has 0 atom stereocenters. The van der Waals surface area contributed by atoms with E-state index in [9.17, 15) is 4.39 Å². The molecule has 24 heavy (non-hydrogen) atoms. The number of nitrogens with two attached hydrogens (primary N) is 1. The van der Waals surface area contributed by atoms with Crippen molar-refractivity contribution in [2.24, 2.45) is 5.73 Å². The van der Waals surface area contributed by atoms with Crippen LogP contribution in [-0.2, 0) is 11.3 Å². The van der Waals surface area contributed by atoms with Gasteiger partial charge in [-0.1, -0.05) is 12.1 Å². The van der Waals surface area contributed by atoms with Crippen molar-refractivity contribution in [2.75, 3.05) is 31.2 Å². The smallest absolute Gasteiger partial charge is 0.148 e. The monoisotopic (exact) mass is 327 g/mol. The van der Waals surface area contributed by atoms with Gasteiger partial charge in [-0.15, -0.1) is 0 Å². The maximum atomic E-state index is 14.2. The van der Waals surface area contributed by atoms with E-state index in [4.69, 9.17) is 15.5 Å². The molecule has 3 aromatic rings. The van der Waals surface area contributed by atoms with Crippen molar-refractivity contribution in [3.8, 4) is 11.3 Å². The second kappa shape index (κ2) is 6.18. The highest BCUT2D eigenvalue weighted by Gasteiger charge is 2.17. The standard InChI is InChI=1S/C17H18FN5O/c18-14-9-12(1-2-13(14)10-19)17-15-3-4-20-23(15)11-16(21-17)22-5-7-24-8-6-22/h1-4,9,11H,5-8,10,19H2. The summed E-state index contributed by atoms with van der Waals surface area (Å²) in [6.45, 7) is 3.08. The molecule has 1 saturated heterocycles. The van der Waals surface area contributed by atoms with Crippen molar-refractivity contribution in [2.45, 2.75) is 6.54 Å². The Morgan fingerprint density at radius 2 is 2.04 bits per heavy atom. The molecular formula is C17H18FN5O. The third-order valence-corrected chi connectivity index (χ3v) is 4.26. The second-order valence-electron chi connectivity index (χ2n) is 5.72. The number of morpholine rings is 1. The molecule has 6 nitrogen and oxygen atoms in total. The molecule has 1 aliphatic heterocycles. The number of hydrogen-bond donors (Lipinski definition) is 1. The molecule has 2 N–H and O–H groups in total. The predicted octanol–water partition coefficient (Wildman–Crippen LogP) is 1.83. The van der Waals surface area contributed by atoms with E-state index in [1.54, 1.807) is 16.8 Å². The molecule has 0 saturated carbocycles. The van der Waals surface area contributed by atoms with Crippen LogP contribution in [0.4, 0.5) is 10.2 Å². The van der Waals surface area contributed by atoms with E-state index >= 15 is 0 Å². The Morgan fingerprint density at radius 1 is 1.21 bits per heavy atom. The van der Waals surface area contributed by atoms with Crippen molar-refractivity contribution in [3.05, 3.63) is 48.0 Å². The highest BCUT2D eigenvalue weighted by Crippen LogP contribution is 2.27. The molecule has 0 spiro atoms. The maximum absolute atomic E-state index is 14.2. The van der Waals surface area contributed by atoms with Gasteiger partial charge in [-0.05, 0) is 12.1 Å². The Balaban J connectivity index is 1.84. The fraction of sp³-hybridized carbons (Fsp3) is 0.294. The number of aromatic nitrogens is 3. The lowest BCUT2D eigenvalue weighted by Gasteiger charge is -2.28. The first kappa shape index (κ1) is 15.0. The number of rotatable bonds is 3. The zero-order chi connectivity index (χ0) is 16.5. The Kier molecular flexibility index (Phi) is 3.87. The largest absolute Gasteiger partial charge is 0.378 e. The van der Waals surface area contributed by atoms with Crippen LogP contribution in [0, 0.1) is 5.82 Å². The van der Waals surface area contributed by atoms with Crippen LogP contribution in [0.1, 0.15) is 5.56 Å². The number of hydrogen-bond acceptors (Lipinski definition) is 5. The van der Waals surface area contributed by atoms with Gasteiger partial charge >= 0.3 is 0 Å². The predicted molar refractivity (Wildman–Crippen MR) is 89.3 cm³/mol. The summed E-state index contributed by atoms with van der Waals surface area (Å²) < 4.78 is 21.3. The minimum absolute atomic E-state index is 0.176. The van der Waals surface area contributed by atoms with E-state index in [1.165, 1.54) is 6.07 Å². The molecule has 3 heterocycles. The summed E-state index contributed by atoms with van der Waals surface area (Å²) in [5, 5.41) is 4.32. The number of halogens is 1. The highest BCUT2D eigenvalue weighted by atomic mass is 19.1. The molecule has 0 amide bonds. The van der Waals surface area contributed by atoms with Crippen LogP contribution in [0.25, 0.3) is 16.8 Å². The number of fused-ring (bicyclic) bond motifs is 1. The highest BCUT2D eigenvalue weighted by molar-refractivity contribution is 5.78. The van der Waals surface area contributed by atoms with E-state index in [1.807, 2.05) is 18.3 Å². The van der Waals surface area contributed by atoms with Gasteiger partial charge in [-0.25, -0.2) is 13.9 Å². The summed E-state index contributed by atoms with van der Waals surface area (Å²) in [5.41, 5.74) is 8.30. The van der Waals surface area contributed by atoms with Crippen LogP contribution in [0.2, 0.25) is 0 Å².